The predicted octanol–water partition coefficient (Wildman–Crippen LogP) is 9.82. The molecule has 0 radical (unpaired) electrons. The van der Waals surface area contributed by atoms with Crippen molar-refractivity contribution in [3.05, 3.63) is 48.6 Å². The Bertz CT molecular complexity index is 455. The molecule has 0 aromatic heterocycles. The zero-order valence-corrected chi connectivity index (χ0v) is 21.4. The van der Waals surface area contributed by atoms with E-state index in [1.165, 1.54) is 83.5 Å². The zero-order chi connectivity index (χ0) is 23.4. The van der Waals surface area contributed by atoms with Crippen molar-refractivity contribution < 1.29 is 9.53 Å². The lowest BCUT2D eigenvalue weighted by molar-refractivity contribution is -0.143. The molecule has 0 aliphatic rings. The number of unbranched alkanes of at least 4 members (excludes halogenated alkanes) is 13. The SMILES string of the molecule is CCC/C=C/C=C\CCCCCCCCC(=O)OCCCCCCC/C=C\C=C\CCC. The van der Waals surface area contributed by atoms with Gasteiger partial charge in [0.1, 0.15) is 0 Å². The van der Waals surface area contributed by atoms with Gasteiger partial charge in [0.25, 0.3) is 0 Å². The Morgan fingerprint density at radius 1 is 0.531 bits per heavy atom. The van der Waals surface area contributed by atoms with Crippen molar-refractivity contribution in [1.29, 1.82) is 0 Å². The first-order valence-electron chi connectivity index (χ1n) is 13.6. The first kappa shape index (κ1) is 30.4. The summed E-state index contributed by atoms with van der Waals surface area (Å²) in [6.45, 7) is 5.00. The molecular formula is C30H52O2. The van der Waals surface area contributed by atoms with Gasteiger partial charge in [-0.25, -0.2) is 0 Å². The molecular weight excluding hydrogens is 392 g/mol. The Kier molecular flexibility index (Phi) is 26.1. The number of allylic oxidation sites excluding steroid dienone is 8. The molecule has 0 rings (SSSR count). The Morgan fingerprint density at radius 3 is 1.44 bits per heavy atom. The van der Waals surface area contributed by atoms with Gasteiger partial charge in [0, 0.05) is 6.42 Å². The van der Waals surface area contributed by atoms with Gasteiger partial charge in [0.05, 0.1) is 6.61 Å². The summed E-state index contributed by atoms with van der Waals surface area (Å²) < 4.78 is 5.37. The minimum atomic E-state index is -0.00692. The predicted molar refractivity (Wildman–Crippen MR) is 142 cm³/mol. The number of esters is 1. The summed E-state index contributed by atoms with van der Waals surface area (Å²) in [7, 11) is 0. The van der Waals surface area contributed by atoms with Crippen molar-refractivity contribution in [2.45, 2.75) is 129 Å². The van der Waals surface area contributed by atoms with E-state index in [-0.39, 0.29) is 5.97 Å². The summed E-state index contributed by atoms with van der Waals surface area (Å²) >= 11 is 0. The average molecular weight is 445 g/mol. The second kappa shape index (κ2) is 27.5. The van der Waals surface area contributed by atoms with Crippen LogP contribution >= 0.6 is 0 Å². The molecule has 0 aromatic carbocycles. The maximum absolute atomic E-state index is 11.8. The van der Waals surface area contributed by atoms with Crippen LogP contribution in [0.1, 0.15) is 129 Å². The van der Waals surface area contributed by atoms with E-state index in [0.29, 0.717) is 13.0 Å². The highest BCUT2D eigenvalue weighted by Crippen LogP contribution is 2.10. The highest BCUT2D eigenvalue weighted by atomic mass is 16.5. The molecule has 0 atom stereocenters. The molecule has 0 amide bonds. The summed E-state index contributed by atoms with van der Waals surface area (Å²) in [5.74, 6) is -0.00692. The van der Waals surface area contributed by atoms with Crippen molar-refractivity contribution in [2.75, 3.05) is 6.61 Å². The lowest BCUT2D eigenvalue weighted by atomic mass is 10.1. The average Bonchev–Trinajstić information content (AvgIpc) is 2.80. The summed E-state index contributed by atoms with van der Waals surface area (Å²) in [6.07, 6.45) is 38.5. The van der Waals surface area contributed by atoms with Gasteiger partial charge in [-0.2, -0.15) is 0 Å². The summed E-state index contributed by atoms with van der Waals surface area (Å²) in [5, 5.41) is 0. The van der Waals surface area contributed by atoms with E-state index < -0.39 is 0 Å². The molecule has 0 saturated carbocycles. The van der Waals surface area contributed by atoms with Crippen molar-refractivity contribution >= 4 is 5.97 Å². The maximum Gasteiger partial charge on any atom is 0.305 e. The van der Waals surface area contributed by atoms with Gasteiger partial charge in [-0.3, -0.25) is 4.79 Å². The number of ether oxygens (including phenoxy) is 1. The fourth-order valence-electron chi connectivity index (χ4n) is 3.42. The van der Waals surface area contributed by atoms with Gasteiger partial charge in [0.2, 0.25) is 0 Å². The highest BCUT2D eigenvalue weighted by molar-refractivity contribution is 5.69. The van der Waals surface area contributed by atoms with Crippen LogP contribution < -0.4 is 0 Å². The highest BCUT2D eigenvalue weighted by Gasteiger charge is 2.02. The van der Waals surface area contributed by atoms with Crippen LogP contribution in [0.15, 0.2) is 48.6 Å². The zero-order valence-electron chi connectivity index (χ0n) is 21.4. The third-order valence-electron chi connectivity index (χ3n) is 5.46. The monoisotopic (exact) mass is 444 g/mol. The Hall–Kier alpha value is -1.57. The number of hydrogen-bond donors (Lipinski definition) is 0. The van der Waals surface area contributed by atoms with Crippen LogP contribution in [0.4, 0.5) is 0 Å². The molecule has 0 bridgehead atoms. The van der Waals surface area contributed by atoms with E-state index >= 15 is 0 Å². The van der Waals surface area contributed by atoms with Gasteiger partial charge >= 0.3 is 5.97 Å². The van der Waals surface area contributed by atoms with E-state index in [1.54, 1.807) is 0 Å². The normalized spacial score (nSPS) is 12.2. The van der Waals surface area contributed by atoms with Crippen LogP contribution in [-0.2, 0) is 9.53 Å². The van der Waals surface area contributed by atoms with Crippen molar-refractivity contribution in [2.24, 2.45) is 0 Å². The maximum atomic E-state index is 11.8. The second-order valence-electron chi connectivity index (χ2n) is 8.73. The minimum absolute atomic E-state index is 0.00692. The fourth-order valence-corrected chi connectivity index (χ4v) is 3.42. The molecule has 0 unspecified atom stereocenters. The van der Waals surface area contributed by atoms with Crippen LogP contribution in [-0.4, -0.2) is 12.6 Å². The molecule has 184 valence electrons. The third kappa shape index (κ3) is 26.5. The number of carbonyl (C=O) groups is 1. The molecule has 32 heavy (non-hydrogen) atoms. The summed E-state index contributed by atoms with van der Waals surface area (Å²) in [6, 6.07) is 0. The van der Waals surface area contributed by atoms with Gasteiger partial charge in [-0.05, 0) is 51.4 Å². The minimum Gasteiger partial charge on any atom is -0.466 e. The van der Waals surface area contributed by atoms with Crippen molar-refractivity contribution in [3.8, 4) is 0 Å². The van der Waals surface area contributed by atoms with E-state index in [2.05, 4.69) is 62.5 Å². The Balaban J connectivity index is 3.29. The largest absolute Gasteiger partial charge is 0.466 e. The van der Waals surface area contributed by atoms with Crippen LogP contribution in [0.3, 0.4) is 0 Å². The standard InChI is InChI=1S/C30H52O2/c1-3-5-7-9-11-13-15-17-18-20-22-24-26-28-30(31)32-29-27-25-23-21-19-16-14-12-10-8-6-4-2/h7-14H,3-6,15-29H2,1-2H3/b9-7+,10-8+,13-11-,14-12-. The summed E-state index contributed by atoms with van der Waals surface area (Å²) in [4.78, 5) is 11.8. The molecule has 2 nitrogen and oxygen atoms in total. The lowest BCUT2D eigenvalue weighted by Crippen LogP contribution is -2.05. The molecule has 0 heterocycles. The number of carbonyl (C=O) groups excluding carboxylic acids is 1. The van der Waals surface area contributed by atoms with Crippen LogP contribution in [0.25, 0.3) is 0 Å². The van der Waals surface area contributed by atoms with E-state index in [1.807, 2.05) is 0 Å². The molecule has 0 spiro atoms. The van der Waals surface area contributed by atoms with Crippen LogP contribution in [0.2, 0.25) is 0 Å². The number of rotatable bonds is 23. The lowest BCUT2D eigenvalue weighted by Gasteiger charge is -2.05. The molecule has 2 heteroatoms. The molecule has 0 N–H and O–H groups in total. The van der Waals surface area contributed by atoms with E-state index in [0.717, 1.165) is 25.7 Å². The molecule has 0 aromatic rings. The smallest absolute Gasteiger partial charge is 0.305 e. The Morgan fingerprint density at radius 2 is 0.938 bits per heavy atom. The van der Waals surface area contributed by atoms with Gasteiger partial charge in [-0.1, -0.05) is 120 Å². The first-order chi connectivity index (χ1) is 15.8. The molecule has 0 saturated heterocycles. The van der Waals surface area contributed by atoms with E-state index in [9.17, 15) is 4.79 Å². The fraction of sp³-hybridized carbons (Fsp3) is 0.700. The third-order valence-corrected chi connectivity index (χ3v) is 5.46. The molecule has 0 fully saturated rings. The topological polar surface area (TPSA) is 26.3 Å². The van der Waals surface area contributed by atoms with Crippen LogP contribution in [0.5, 0.6) is 0 Å². The van der Waals surface area contributed by atoms with Gasteiger partial charge < -0.3 is 4.74 Å². The van der Waals surface area contributed by atoms with E-state index in [4.69, 9.17) is 4.74 Å². The first-order valence-corrected chi connectivity index (χ1v) is 13.6. The summed E-state index contributed by atoms with van der Waals surface area (Å²) in [5.41, 5.74) is 0. The Labute approximate surface area is 200 Å². The number of hydrogen-bond acceptors (Lipinski definition) is 2. The van der Waals surface area contributed by atoms with Gasteiger partial charge in [-0.15, -0.1) is 0 Å². The van der Waals surface area contributed by atoms with Crippen molar-refractivity contribution in [3.63, 3.8) is 0 Å². The molecule has 0 aliphatic carbocycles. The molecule has 0 aliphatic heterocycles. The van der Waals surface area contributed by atoms with Crippen molar-refractivity contribution in [1.82, 2.24) is 0 Å². The van der Waals surface area contributed by atoms with Crippen LogP contribution in [0, 0.1) is 0 Å². The van der Waals surface area contributed by atoms with Gasteiger partial charge in [0.15, 0.2) is 0 Å². The second-order valence-corrected chi connectivity index (χ2v) is 8.73. The quantitative estimate of drug-likeness (QED) is 0.0890.